The molecule has 5 N–H and O–H groups in total. The number of aliphatic hydroxyl groups excluding tert-OH is 1. The molecule has 210 valence electrons. The molecule has 0 bridgehead atoms. The predicted molar refractivity (Wildman–Crippen MR) is 146 cm³/mol. The second-order valence-electron chi connectivity index (χ2n) is 10.4. The van der Waals surface area contributed by atoms with Crippen molar-refractivity contribution in [1.29, 1.82) is 0 Å². The fourth-order valence-corrected chi connectivity index (χ4v) is 4.80. The number of aryl methyl sites for hydroxylation is 1. The maximum absolute atomic E-state index is 11.5. The first-order chi connectivity index (χ1) is 18.1. The van der Waals surface area contributed by atoms with Crippen LogP contribution in [0.2, 0.25) is 0 Å². The normalized spacial score (nSPS) is 14.2. The minimum absolute atomic E-state index is 0.0719. The average molecular weight is 531 g/mol. The van der Waals surface area contributed by atoms with E-state index in [1.54, 1.807) is 12.3 Å². The Morgan fingerprint density at radius 1 is 1.13 bits per heavy atom. The smallest absolute Gasteiger partial charge is 0.404 e. The Morgan fingerprint density at radius 3 is 2.39 bits per heavy atom. The highest BCUT2D eigenvalue weighted by Crippen LogP contribution is 2.42. The average Bonchev–Trinajstić information content (AvgIpc) is 3.47. The zero-order valence-electron chi connectivity index (χ0n) is 23.3. The number of hydrogen-bond donors (Lipinski definition) is 4. The van der Waals surface area contributed by atoms with Gasteiger partial charge in [0.2, 0.25) is 0 Å². The van der Waals surface area contributed by atoms with E-state index in [-0.39, 0.29) is 11.3 Å². The topological polar surface area (TPSA) is 150 Å². The molecule has 0 aliphatic rings. The van der Waals surface area contributed by atoms with Crippen LogP contribution in [-0.2, 0) is 11.8 Å². The number of nitrogens with zero attached hydrogens (tertiary/aromatic N) is 3. The van der Waals surface area contributed by atoms with Crippen LogP contribution in [0.4, 0.5) is 10.6 Å². The van der Waals surface area contributed by atoms with Crippen molar-refractivity contribution in [3.63, 3.8) is 0 Å². The first-order valence-electron chi connectivity index (χ1n) is 13.2. The lowest BCUT2D eigenvalue weighted by Crippen LogP contribution is -2.38. The molecule has 0 aliphatic heterocycles. The van der Waals surface area contributed by atoms with E-state index in [0.29, 0.717) is 31.9 Å². The molecule has 0 fully saturated rings. The zero-order chi connectivity index (χ0) is 27.9. The number of primary amides is 1. The summed E-state index contributed by atoms with van der Waals surface area (Å²) in [7, 11) is 2.02. The molecular weight excluding hydrogens is 488 g/mol. The summed E-state index contributed by atoms with van der Waals surface area (Å²) in [5, 5.41) is 20.0. The molecule has 2 heterocycles. The summed E-state index contributed by atoms with van der Waals surface area (Å²) < 4.78 is 19.1. The Bertz CT molecular complexity index is 1170. The second-order valence-corrected chi connectivity index (χ2v) is 10.4. The molecule has 3 rings (SSSR count). The first kappa shape index (κ1) is 29.1. The van der Waals surface area contributed by atoms with Gasteiger partial charge in [0.15, 0.2) is 6.23 Å². The summed E-state index contributed by atoms with van der Waals surface area (Å²) in [5.41, 5.74) is 6.91. The fraction of sp³-hybridized carbons (Fsp3) is 0.593. The van der Waals surface area contributed by atoms with Gasteiger partial charge >= 0.3 is 6.09 Å². The maximum Gasteiger partial charge on any atom is 0.404 e. The van der Waals surface area contributed by atoms with Gasteiger partial charge < -0.3 is 34.9 Å². The molecule has 11 nitrogen and oxygen atoms in total. The van der Waals surface area contributed by atoms with E-state index in [4.69, 9.17) is 24.9 Å². The van der Waals surface area contributed by atoms with E-state index >= 15 is 0 Å². The molecule has 0 spiro atoms. The molecule has 1 aromatic carbocycles. The minimum atomic E-state index is -1.13. The number of ether oxygens (including phenoxy) is 3. The third-order valence-electron chi connectivity index (χ3n) is 6.59. The fourth-order valence-electron chi connectivity index (χ4n) is 4.80. The molecule has 3 aromatic rings. The van der Waals surface area contributed by atoms with Crippen molar-refractivity contribution in [2.24, 2.45) is 18.2 Å². The van der Waals surface area contributed by atoms with Crippen LogP contribution in [0, 0.1) is 5.41 Å². The molecular formula is C27H42N6O5. The van der Waals surface area contributed by atoms with E-state index < -0.39 is 18.4 Å². The lowest BCUT2D eigenvalue weighted by molar-refractivity contribution is 0.0143. The highest BCUT2D eigenvalue weighted by atomic mass is 16.6. The highest BCUT2D eigenvalue weighted by Gasteiger charge is 2.32. The van der Waals surface area contributed by atoms with Crippen LogP contribution in [0.15, 0.2) is 24.4 Å². The van der Waals surface area contributed by atoms with Crippen molar-refractivity contribution in [2.75, 3.05) is 18.5 Å². The second kappa shape index (κ2) is 12.9. The molecule has 2 unspecified atom stereocenters. The Morgan fingerprint density at radius 2 is 1.79 bits per heavy atom. The van der Waals surface area contributed by atoms with Crippen LogP contribution >= 0.6 is 0 Å². The number of rotatable bonds is 14. The van der Waals surface area contributed by atoms with Gasteiger partial charge in [-0.15, -0.1) is 0 Å². The van der Waals surface area contributed by atoms with Gasteiger partial charge in [0.1, 0.15) is 40.3 Å². The number of carbonyl (C=O) groups excluding carboxylic acids is 1. The number of nitrogens with two attached hydrogens (primary N) is 1. The summed E-state index contributed by atoms with van der Waals surface area (Å²) in [6.07, 6.45) is 1.53. The van der Waals surface area contributed by atoms with Crippen LogP contribution in [0.3, 0.4) is 0 Å². The van der Waals surface area contributed by atoms with E-state index in [9.17, 15) is 9.90 Å². The molecule has 2 aromatic heterocycles. The minimum Gasteiger partial charge on any atom is -0.492 e. The number of H-pyrrole nitrogens is 1. The van der Waals surface area contributed by atoms with Crippen molar-refractivity contribution < 1.29 is 24.1 Å². The largest absolute Gasteiger partial charge is 0.492 e. The Kier molecular flexibility index (Phi) is 9.84. The molecule has 0 saturated carbocycles. The Labute approximate surface area is 224 Å². The summed E-state index contributed by atoms with van der Waals surface area (Å²) in [6.45, 7) is 11.7. The monoisotopic (exact) mass is 530 g/mol. The Balaban J connectivity index is 1.78. The number of aliphatic hydroxyl groups is 1. The summed E-state index contributed by atoms with van der Waals surface area (Å²) in [4.78, 5) is 16.5. The van der Waals surface area contributed by atoms with Gasteiger partial charge in [-0.2, -0.15) is 5.10 Å². The SMILES string of the molecule is CCOc1ccc(OCC)c2c1nc(C(CCCC[C@H](OC(N)=O)C(O)Nc1ccn[nH]1)C(C)(C)C)n2C. The summed E-state index contributed by atoms with van der Waals surface area (Å²) >= 11 is 0. The van der Waals surface area contributed by atoms with Crippen LogP contribution in [0.5, 0.6) is 11.5 Å². The van der Waals surface area contributed by atoms with Gasteiger partial charge in [-0.05, 0) is 50.7 Å². The van der Waals surface area contributed by atoms with Crippen molar-refractivity contribution in [1.82, 2.24) is 19.7 Å². The molecule has 0 saturated heterocycles. The number of unbranched alkanes of at least 4 members (excludes halogenated alkanes) is 1. The third kappa shape index (κ3) is 7.09. The number of nitrogens with one attached hydrogen (secondary N) is 2. The maximum atomic E-state index is 11.5. The summed E-state index contributed by atoms with van der Waals surface area (Å²) in [6, 6.07) is 5.53. The molecule has 11 heteroatoms. The molecule has 38 heavy (non-hydrogen) atoms. The van der Waals surface area contributed by atoms with E-state index in [1.165, 1.54) is 0 Å². The summed E-state index contributed by atoms with van der Waals surface area (Å²) in [5.74, 6) is 3.14. The number of anilines is 1. The number of hydrogen-bond acceptors (Lipinski definition) is 8. The van der Waals surface area contributed by atoms with E-state index in [0.717, 1.165) is 41.2 Å². The van der Waals surface area contributed by atoms with Gasteiger partial charge in [0.25, 0.3) is 0 Å². The Hall–Kier alpha value is -3.47. The van der Waals surface area contributed by atoms with E-state index in [1.807, 2.05) is 33.0 Å². The lowest BCUT2D eigenvalue weighted by Gasteiger charge is -2.30. The van der Waals surface area contributed by atoms with Crippen LogP contribution in [0.25, 0.3) is 11.0 Å². The van der Waals surface area contributed by atoms with Crippen LogP contribution in [-0.4, -0.2) is 56.5 Å². The number of imidazole rings is 1. The van der Waals surface area contributed by atoms with E-state index in [2.05, 4.69) is 40.9 Å². The van der Waals surface area contributed by atoms with Gasteiger partial charge in [-0.25, -0.2) is 9.78 Å². The number of aromatic nitrogens is 4. The van der Waals surface area contributed by atoms with Gasteiger partial charge in [-0.1, -0.05) is 27.2 Å². The zero-order valence-corrected chi connectivity index (χ0v) is 23.3. The van der Waals surface area contributed by atoms with Crippen molar-refractivity contribution >= 4 is 22.9 Å². The first-order valence-corrected chi connectivity index (χ1v) is 13.2. The molecule has 3 atom stereocenters. The molecule has 0 aliphatic carbocycles. The van der Waals surface area contributed by atoms with Gasteiger partial charge in [0.05, 0.1) is 19.4 Å². The van der Waals surface area contributed by atoms with Gasteiger partial charge in [0, 0.05) is 19.0 Å². The number of aromatic amines is 1. The lowest BCUT2D eigenvalue weighted by atomic mass is 9.77. The molecule has 0 radical (unpaired) electrons. The number of carbonyl (C=O) groups is 1. The van der Waals surface area contributed by atoms with Crippen molar-refractivity contribution in [2.45, 2.75) is 78.6 Å². The molecule has 1 amide bonds. The number of fused-ring (bicyclic) bond motifs is 1. The van der Waals surface area contributed by atoms with Crippen LogP contribution in [0.1, 0.15) is 72.0 Å². The van der Waals surface area contributed by atoms with Gasteiger partial charge in [-0.3, -0.25) is 5.10 Å². The number of benzene rings is 1. The van der Waals surface area contributed by atoms with Crippen LogP contribution < -0.4 is 20.5 Å². The quantitative estimate of drug-likeness (QED) is 0.173. The highest BCUT2D eigenvalue weighted by molar-refractivity contribution is 5.88. The number of amides is 1. The van der Waals surface area contributed by atoms with Crippen molar-refractivity contribution in [3.8, 4) is 11.5 Å². The standard InChI is InChI=1S/C27H42N6O5/c1-7-36-18-13-14-19(37-8-2)23-22(18)31-24(33(23)6)17(27(3,4)5)11-9-10-12-20(38-26(28)35)25(34)30-21-15-16-29-32-21/h13-17,20,25,34H,7-12H2,1-6H3,(H2,28,35)(H2,29,30,32)/t17?,20-,25?/m0/s1. The third-order valence-corrected chi connectivity index (χ3v) is 6.59. The predicted octanol–water partition coefficient (Wildman–Crippen LogP) is 4.68. The van der Waals surface area contributed by atoms with Crippen molar-refractivity contribution in [3.05, 3.63) is 30.2 Å².